The number of esters is 1. The summed E-state index contributed by atoms with van der Waals surface area (Å²) in [6, 6.07) is 3.59. The van der Waals surface area contributed by atoms with Crippen LogP contribution < -0.4 is 4.90 Å². The van der Waals surface area contributed by atoms with Crippen LogP contribution >= 0.6 is 11.6 Å². The van der Waals surface area contributed by atoms with Gasteiger partial charge in [-0.25, -0.2) is 0 Å². The Morgan fingerprint density at radius 2 is 1.96 bits per heavy atom. The van der Waals surface area contributed by atoms with Gasteiger partial charge in [0.05, 0.1) is 5.92 Å². The van der Waals surface area contributed by atoms with Crippen molar-refractivity contribution < 1.29 is 14.3 Å². The molecule has 0 unspecified atom stereocenters. The molecule has 1 atom stereocenters. The topological polar surface area (TPSA) is 75.6 Å². The predicted octanol–water partition coefficient (Wildman–Crippen LogP) is 2.54. The number of aromatic nitrogens is 2. The highest BCUT2D eigenvalue weighted by molar-refractivity contribution is 6.29. The Morgan fingerprint density at radius 3 is 2.54 bits per heavy atom. The van der Waals surface area contributed by atoms with Crippen molar-refractivity contribution in [3.63, 3.8) is 0 Å². The maximum absolute atomic E-state index is 12.4. The van der Waals surface area contributed by atoms with Gasteiger partial charge in [-0.2, -0.15) is 0 Å². The lowest BCUT2D eigenvalue weighted by atomic mass is 9.98. The van der Waals surface area contributed by atoms with E-state index in [4.69, 9.17) is 16.3 Å². The molecule has 1 aliphatic heterocycles. The van der Waals surface area contributed by atoms with Gasteiger partial charge >= 0.3 is 5.97 Å². The molecule has 1 aromatic rings. The van der Waals surface area contributed by atoms with Crippen LogP contribution in [0.3, 0.4) is 0 Å². The van der Waals surface area contributed by atoms with Crippen LogP contribution in [0.5, 0.6) is 0 Å². The highest BCUT2D eigenvalue weighted by Crippen LogP contribution is 2.22. The second kappa shape index (κ2) is 9.16. The van der Waals surface area contributed by atoms with Crippen LogP contribution in [0.2, 0.25) is 5.15 Å². The first-order chi connectivity index (χ1) is 12.3. The largest absolute Gasteiger partial charge is 0.455 e. The van der Waals surface area contributed by atoms with E-state index in [1.807, 2.05) is 32.6 Å². The fraction of sp³-hybridized carbons (Fsp3) is 0.667. The van der Waals surface area contributed by atoms with Crippen LogP contribution in [-0.4, -0.2) is 58.8 Å². The number of rotatable bonds is 6. The lowest BCUT2D eigenvalue weighted by Crippen LogP contribution is -2.45. The van der Waals surface area contributed by atoms with Gasteiger partial charge < -0.3 is 14.5 Å². The van der Waals surface area contributed by atoms with Crippen LogP contribution in [-0.2, 0) is 14.3 Å². The van der Waals surface area contributed by atoms with Crippen LogP contribution in [0, 0.1) is 5.92 Å². The average molecular weight is 383 g/mol. The number of nitrogens with zero attached hydrogens (tertiary/aromatic N) is 4. The van der Waals surface area contributed by atoms with E-state index in [1.54, 1.807) is 17.0 Å². The molecule has 2 rings (SSSR count). The van der Waals surface area contributed by atoms with Crippen molar-refractivity contribution in [3.8, 4) is 0 Å². The molecule has 1 saturated heterocycles. The Labute approximate surface area is 159 Å². The number of piperidine rings is 1. The first-order valence-electron chi connectivity index (χ1n) is 9.01. The van der Waals surface area contributed by atoms with Crippen molar-refractivity contribution >= 4 is 29.3 Å². The molecule has 0 N–H and O–H groups in total. The van der Waals surface area contributed by atoms with Crippen molar-refractivity contribution in [3.05, 3.63) is 17.3 Å². The van der Waals surface area contributed by atoms with Gasteiger partial charge in [-0.05, 0) is 52.7 Å². The molecule has 1 fully saturated rings. The first kappa shape index (κ1) is 20.4. The number of carbonyl (C=O) groups excluding carboxylic acids is 2. The van der Waals surface area contributed by atoms with Gasteiger partial charge in [-0.3, -0.25) is 9.59 Å². The van der Waals surface area contributed by atoms with Crippen molar-refractivity contribution in [2.45, 2.75) is 52.6 Å². The Balaban J connectivity index is 1.90. The third-order valence-electron chi connectivity index (χ3n) is 4.44. The average Bonchev–Trinajstić information content (AvgIpc) is 2.59. The second-order valence-electron chi connectivity index (χ2n) is 7.10. The van der Waals surface area contributed by atoms with Gasteiger partial charge in [-0.15, -0.1) is 10.2 Å². The number of carbonyl (C=O) groups is 2. The molecule has 8 heteroatoms. The summed E-state index contributed by atoms with van der Waals surface area (Å²) in [5.41, 5.74) is 0. The van der Waals surface area contributed by atoms with Gasteiger partial charge in [0.25, 0.3) is 5.91 Å². The zero-order valence-corrected chi connectivity index (χ0v) is 16.6. The molecule has 7 nitrogen and oxygen atoms in total. The summed E-state index contributed by atoms with van der Waals surface area (Å²) in [7, 11) is 0. The molecule has 144 valence electrons. The summed E-state index contributed by atoms with van der Waals surface area (Å²) >= 11 is 5.77. The van der Waals surface area contributed by atoms with Gasteiger partial charge in [0.1, 0.15) is 0 Å². The van der Waals surface area contributed by atoms with Crippen LogP contribution in [0.25, 0.3) is 0 Å². The number of halogens is 1. The van der Waals surface area contributed by atoms with E-state index in [0.29, 0.717) is 17.5 Å². The molecule has 0 radical (unpaired) electrons. The third kappa shape index (κ3) is 5.30. The number of amides is 1. The standard InChI is InChI=1S/C18H27ClN4O3/c1-12(2)23(13(3)4)17(24)11-26-18(25)14-6-5-9-22(10-14)16-8-7-15(19)20-21-16/h7-8,12-14H,5-6,9-11H2,1-4H3/t14-/m1/s1. The summed E-state index contributed by atoms with van der Waals surface area (Å²) < 4.78 is 5.31. The molecule has 0 bridgehead atoms. The third-order valence-corrected chi connectivity index (χ3v) is 4.64. The van der Waals surface area contributed by atoms with E-state index in [1.165, 1.54) is 0 Å². The zero-order chi connectivity index (χ0) is 19.3. The lowest BCUT2D eigenvalue weighted by Gasteiger charge is -2.33. The van der Waals surface area contributed by atoms with Crippen molar-refractivity contribution in [2.24, 2.45) is 5.92 Å². The van der Waals surface area contributed by atoms with Crippen LogP contribution in [0.15, 0.2) is 12.1 Å². The minimum atomic E-state index is -0.336. The Hall–Kier alpha value is -1.89. The molecular formula is C18H27ClN4O3. The van der Waals surface area contributed by atoms with E-state index in [9.17, 15) is 9.59 Å². The molecule has 0 spiro atoms. The summed E-state index contributed by atoms with van der Waals surface area (Å²) in [4.78, 5) is 28.5. The van der Waals surface area contributed by atoms with Gasteiger partial charge in [0, 0.05) is 25.2 Å². The van der Waals surface area contributed by atoms with Crippen LogP contribution in [0.4, 0.5) is 5.82 Å². The van der Waals surface area contributed by atoms with E-state index < -0.39 is 0 Å². The quantitative estimate of drug-likeness (QED) is 0.704. The lowest BCUT2D eigenvalue weighted by molar-refractivity contribution is -0.157. The number of anilines is 1. The van der Waals surface area contributed by atoms with E-state index in [2.05, 4.69) is 10.2 Å². The Bertz CT molecular complexity index is 613. The molecule has 2 heterocycles. The molecule has 0 aromatic carbocycles. The van der Waals surface area contributed by atoms with Crippen LogP contribution in [0.1, 0.15) is 40.5 Å². The predicted molar refractivity (Wildman–Crippen MR) is 100 cm³/mol. The molecule has 0 saturated carbocycles. The maximum Gasteiger partial charge on any atom is 0.311 e. The zero-order valence-electron chi connectivity index (χ0n) is 15.8. The van der Waals surface area contributed by atoms with Crippen molar-refractivity contribution in [2.75, 3.05) is 24.6 Å². The Kier molecular flexibility index (Phi) is 7.20. The smallest absolute Gasteiger partial charge is 0.311 e. The summed E-state index contributed by atoms with van der Waals surface area (Å²) in [5.74, 6) is -0.0913. The Morgan fingerprint density at radius 1 is 1.27 bits per heavy atom. The van der Waals surface area contributed by atoms with Gasteiger partial charge in [0.2, 0.25) is 0 Å². The molecule has 1 aliphatic rings. The fourth-order valence-corrected chi connectivity index (χ4v) is 3.45. The summed E-state index contributed by atoms with van der Waals surface area (Å²) in [6.45, 7) is 8.89. The fourth-order valence-electron chi connectivity index (χ4n) is 3.35. The first-order valence-corrected chi connectivity index (χ1v) is 9.39. The van der Waals surface area contributed by atoms with Gasteiger partial charge in [0.15, 0.2) is 17.6 Å². The van der Waals surface area contributed by atoms with Crippen molar-refractivity contribution in [1.29, 1.82) is 0 Å². The summed E-state index contributed by atoms with van der Waals surface area (Å²) in [5, 5.41) is 8.24. The van der Waals surface area contributed by atoms with E-state index in [-0.39, 0.29) is 36.5 Å². The summed E-state index contributed by atoms with van der Waals surface area (Å²) in [6.07, 6.45) is 1.59. The molecular weight excluding hydrogens is 356 g/mol. The number of hydrogen-bond acceptors (Lipinski definition) is 6. The molecule has 26 heavy (non-hydrogen) atoms. The highest BCUT2D eigenvalue weighted by Gasteiger charge is 2.29. The number of hydrogen-bond donors (Lipinski definition) is 0. The molecule has 1 aromatic heterocycles. The maximum atomic E-state index is 12.4. The second-order valence-corrected chi connectivity index (χ2v) is 7.48. The van der Waals surface area contributed by atoms with Crippen molar-refractivity contribution in [1.82, 2.24) is 15.1 Å². The monoisotopic (exact) mass is 382 g/mol. The highest BCUT2D eigenvalue weighted by atomic mass is 35.5. The molecule has 1 amide bonds. The SMILES string of the molecule is CC(C)N(C(=O)COC(=O)[C@@H]1CCCN(c2ccc(Cl)nn2)C1)C(C)C. The minimum absolute atomic E-state index is 0.0647. The normalized spacial score (nSPS) is 17.5. The van der Waals surface area contributed by atoms with E-state index in [0.717, 1.165) is 19.4 Å². The molecule has 0 aliphatic carbocycles. The van der Waals surface area contributed by atoms with E-state index >= 15 is 0 Å². The van der Waals surface area contributed by atoms with Gasteiger partial charge in [-0.1, -0.05) is 11.6 Å². The minimum Gasteiger partial charge on any atom is -0.455 e. The number of ether oxygens (including phenoxy) is 1.